The summed E-state index contributed by atoms with van der Waals surface area (Å²) in [6.07, 6.45) is 4.72. The van der Waals surface area contributed by atoms with Crippen molar-refractivity contribution in [3.05, 3.63) is 66.0 Å². The van der Waals surface area contributed by atoms with Gasteiger partial charge in [-0.1, -0.05) is 62.6 Å². The summed E-state index contributed by atoms with van der Waals surface area (Å²) < 4.78 is 12.3. The molecule has 1 amide bonds. The van der Waals surface area contributed by atoms with E-state index >= 15 is 0 Å². The Morgan fingerprint density at radius 1 is 1.00 bits per heavy atom. The van der Waals surface area contributed by atoms with E-state index in [1.165, 1.54) is 18.9 Å². The van der Waals surface area contributed by atoms with Crippen LogP contribution in [0.25, 0.3) is 0 Å². The van der Waals surface area contributed by atoms with E-state index in [2.05, 4.69) is 6.92 Å². The molecule has 0 aliphatic carbocycles. The van der Waals surface area contributed by atoms with Crippen molar-refractivity contribution in [3.8, 4) is 5.75 Å². The number of hydrogen-bond acceptors (Lipinski definition) is 3. The molecule has 2 aromatic rings. The number of carbonyl (C=O) groups is 1. The highest BCUT2D eigenvalue weighted by Crippen LogP contribution is 2.03. The first kappa shape index (κ1) is 22.6. The predicted molar refractivity (Wildman–Crippen MR) is 97.9 cm³/mol. The van der Waals surface area contributed by atoms with Crippen molar-refractivity contribution < 1.29 is 19.5 Å². The molecular formula is C20H28FNO3. The topological polar surface area (TPSA) is 69.6 Å². The first-order chi connectivity index (χ1) is 12.0. The maximum Gasteiger partial charge on any atom is 0.243 e. The summed E-state index contributed by atoms with van der Waals surface area (Å²) in [5.41, 5.74) is 2.30. The summed E-state index contributed by atoms with van der Waals surface area (Å²) >= 11 is 0. The minimum atomic E-state index is -0.281. The highest BCUT2D eigenvalue weighted by Gasteiger charge is 1.96. The molecule has 0 bridgehead atoms. The number of phenolic OH excluding ortho intramolecular Hbond substituents is 1. The number of phenols is 1. The lowest BCUT2D eigenvalue weighted by Crippen LogP contribution is -2.17. The normalized spacial score (nSPS) is 9.12. The number of nitrogens with one attached hydrogen (secondary N) is 1. The first-order valence-corrected chi connectivity index (χ1v) is 8.39. The van der Waals surface area contributed by atoms with Crippen molar-refractivity contribution in [2.45, 2.75) is 46.0 Å². The van der Waals surface area contributed by atoms with E-state index < -0.39 is 0 Å². The number of halogens is 1. The lowest BCUT2D eigenvalue weighted by Gasteiger charge is -1.96. The Kier molecular flexibility index (Phi) is 13.7. The highest BCUT2D eigenvalue weighted by molar-refractivity contribution is 5.74. The van der Waals surface area contributed by atoms with Crippen LogP contribution in [0.3, 0.4) is 0 Å². The van der Waals surface area contributed by atoms with Gasteiger partial charge in [-0.2, -0.15) is 0 Å². The summed E-state index contributed by atoms with van der Waals surface area (Å²) in [5.74, 6) is -0.0916. The van der Waals surface area contributed by atoms with Gasteiger partial charge in [0.15, 0.2) is 0 Å². The summed E-state index contributed by atoms with van der Waals surface area (Å²) in [6.45, 7) is 3.86. The summed E-state index contributed by atoms with van der Waals surface area (Å²) in [5, 5.41) is 16.7. The molecule has 2 rings (SSSR count). The third kappa shape index (κ3) is 13.7. The second kappa shape index (κ2) is 15.1. The first-order valence-electron chi connectivity index (χ1n) is 8.39. The SMILES string of the molecule is CCCCCCC(=O)NO.Cc1ccccc1F.Oc1ccccc1. The molecule has 4 nitrogen and oxygen atoms in total. The van der Waals surface area contributed by atoms with E-state index in [4.69, 9.17) is 10.3 Å². The van der Waals surface area contributed by atoms with Crippen LogP contribution in [-0.4, -0.2) is 16.2 Å². The van der Waals surface area contributed by atoms with Crippen molar-refractivity contribution in [1.82, 2.24) is 5.48 Å². The van der Waals surface area contributed by atoms with Crippen molar-refractivity contribution >= 4 is 5.91 Å². The molecule has 0 saturated heterocycles. The summed E-state index contributed by atoms with van der Waals surface area (Å²) in [4.78, 5) is 10.4. The zero-order valence-corrected chi connectivity index (χ0v) is 14.9. The van der Waals surface area contributed by atoms with Crippen LogP contribution in [-0.2, 0) is 4.79 Å². The van der Waals surface area contributed by atoms with Gasteiger partial charge in [-0.05, 0) is 37.1 Å². The van der Waals surface area contributed by atoms with Gasteiger partial charge in [-0.3, -0.25) is 10.0 Å². The molecule has 0 radical (unpaired) electrons. The molecule has 0 heterocycles. The van der Waals surface area contributed by atoms with Gasteiger partial charge in [-0.15, -0.1) is 0 Å². The molecule has 0 unspecified atom stereocenters. The average molecular weight is 349 g/mol. The van der Waals surface area contributed by atoms with Crippen molar-refractivity contribution in [2.75, 3.05) is 0 Å². The zero-order chi connectivity index (χ0) is 18.9. The van der Waals surface area contributed by atoms with Crippen LogP contribution in [0, 0.1) is 12.7 Å². The third-order valence-corrected chi connectivity index (χ3v) is 3.21. The largest absolute Gasteiger partial charge is 0.508 e. The molecule has 3 N–H and O–H groups in total. The minimum Gasteiger partial charge on any atom is -0.508 e. The van der Waals surface area contributed by atoms with Gasteiger partial charge < -0.3 is 5.11 Å². The van der Waals surface area contributed by atoms with Gasteiger partial charge in [0.2, 0.25) is 5.91 Å². The molecule has 0 fully saturated rings. The predicted octanol–water partition coefficient (Wildman–Crippen LogP) is 4.99. The number of para-hydroxylation sites is 1. The fourth-order valence-electron chi connectivity index (χ4n) is 1.75. The van der Waals surface area contributed by atoms with Crippen LogP contribution in [0.15, 0.2) is 54.6 Å². The maximum atomic E-state index is 12.3. The van der Waals surface area contributed by atoms with Crippen LogP contribution < -0.4 is 5.48 Å². The Hall–Kier alpha value is -2.40. The van der Waals surface area contributed by atoms with Crippen LogP contribution in [0.4, 0.5) is 4.39 Å². The van der Waals surface area contributed by atoms with Gasteiger partial charge in [0.1, 0.15) is 11.6 Å². The quantitative estimate of drug-likeness (QED) is 0.405. The van der Waals surface area contributed by atoms with Crippen molar-refractivity contribution in [3.63, 3.8) is 0 Å². The van der Waals surface area contributed by atoms with E-state index in [0.29, 0.717) is 17.7 Å². The Labute approximate surface area is 149 Å². The molecule has 0 aliphatic heterocycles. The van der Waals surface area contributed by atoms with Crippen LogP contribution in [0.2, 0.25) is 0 Å². The maximum absolute atomic E-state index is 12.3. The molecule has 2 aromatic carbocycles. The van der Waals surface area contributed by atoms with Gasteiger partial charge in [0, 0.05) is 6.42 Å². The molecule has 0 saturated carbocycles. The van der Waals surface area contributed by atoms with Crippen molar-refractivity contribution in [2.24, 2.45) is 0 Å². The van der Waals surface area contributed by atoms with E-state index in [9.17, 15) is 9.18 Å². The lowest BCUT2D eigenvalue weighted by molar-refractivity contribution is -0.129. The fraction of sp³-hybridized carbons (Fsp3) is 0.350. The number of aromatic hydroxyl groups is 1. The number of unbranched alkanes of at least 4 members (excludes halogenated alkanes) is 3. The lowest BCUT2D eigenvalue weighted by atomic mass is 10.1. The Morgan fingerprint density at radius 2 is 1.60 bits per heavy atom. The van der Waals surface area contributed by atoms with E-state index in [-0.39, 0.29) is 11.7 Å². The van der Waals surface area contributed by atoms with E-state index in [1.54, 1.807) is 48.8 Å². The number of hydroxylamine groups is 1. The van der Waals surface area contributed by atoms with Gasteiger partial charge in [0.25, 0.3) is 0 Å². The molecule has 0 spiro atoms. The molecule has 0 aliphatic rings. The number of hydrogen-bond donors (Lipinski definition) is 3. The molecule has 25 heavy (non-hydrogen) atoms. The van der Waals surface area contributed by atoms with Gasteiger partial charge in [0.05, 0.1) is 0 Å². The van der Waals surface area contributed by atoms with E-state index in [0.717, 1.165) is 12.8 Å². The molecule has 0 atom stereocenters. The Bertz CT molecular complexity index is 555. The highest BCUT2D eigenvalue weighted by atomic mass is 19.1. The second-order valence-electron chi connectivity index (χ2n) is 5.43. The number of amides is 1. The zero-order valence-electron chi connectivity index (χ0n) is 14.9. The van der Waals surface area contributed by atoms with Gasteiger partial charge in [-0.25, -0.2) is 9.87 Å². The van der Waals surface area contributed by atoms with Crippen LogP contribution in [0.1, 0.15) is 44.6 Å². The van der Waals surface area contributed by atoms with Crippen LogP contribution >= 0.6 is 0 Å². The van der Waals surface area contributed by atoms with Crippen LogP contribution in [0.5, 0.6) is 5.75 Å². The summed E-state index contributed by atoms with van der Waals surface area (Å²) in [7, 11) is 0. The second-order valence-corrected chi connectivity index (χ2v) is 5.43. The standard InChI is InChI=1S/C7H7F.C7H15NO2.C6H6O/c1-6-4-2-3-5-7(6)8;1-2-3-4-5-6-7(9)8-10;7-6-4-2-1-3-5-6/h2-5H,1H3;10H,2-6H2,1H3,(H,8,9);1-5,7H. The average Bonchev–Trinajstić information content (AvgIpc) is 2.63. The number of benzene rings is 2. The number of carbonyl (C=O) groups excluding carboxylic acids is 1. The van der Waals surface area contributed by atoms with Crippen molar-refractivity contribution in [1.29, 1.82) is 0 Å². The third-order valence-electron chi connectivity index (χ3n) is 3.21. The fourth-order valence-corrected chi connectivity index (χ4v) is 1.75. The van der Waals surface area contributed by atoms with E-state index in [1.807, 2.05) is 12.1 Å². The molecule has 5 heteroatoms. The smallest absolute Gasteiger partial charge is 0.243 e. The summed E-state index contributed by atoms with van der Waals surface area (Å²) in [6, 6.07) is 15.4. The molecule has 138 valence electrons. The minimum absolute atomic E-state index is 0.132. The van der Waals surface area contributed by atoms with Gasteiger partial charge >= 0.3 is 0 Å². The molecular weight excluding hydrogens is 321 g/mol. The number of rotatable bonds is 5. The molecule has 0 aromatic heterocycles. The number of aryl methyl sites for hydroxylation is 1. The Balaban J connectivity index is 0.000000350. The monoisotopic (exact) mass is 349 g/mol. The Morgan fingerprint density at radius 3 is 2.00 bits per heavy atom.